The molecule has 1 aromatic heterocycles. The number of nitrogens with zero attached hydrogens (tertiary/aromatic N) is 2. The quantitative estimate of drug-likeness (QED) is 0.611. The fourth-order valence-corrected chi connectivity index (χ4v) is 3.06. The van der Waals surface area contributed by atoms with E-state index in [9.17, 15) is 0 Å². The molecule has 0 aliphatic heterocycles. The van der Waals surface area contributed by atoms with Gasteiger partial charge in [0.05, 0.1) is 17.1 Å². The second-order valence-corrected chi connectivity index (χ2v) is 6.54. The van der Waals surface area contributed by atoms with E-state index in [-0.39, 0.29) is 11.4 Å². The van der Waals surface area contributed by atoms with E-state index >= 15 is 0 Å². The van der Waals surface area contributed by atoms with Crippen LogP contribution in [0.15, 0.2) is 48.8 Å². The Hall–Kier alpha value is -1.84. The monoisotopic (exact) mass is 345 g/mol. The molecule has 23 heavy (non-hydrogen) atoms. The number of rotatable bonds is 4. The smallest absolute Gasteiger partial charge is 0.149 e. The van der Waals surface area contributed by atoms with Gasteiger partial charge in [0.15, 0.2) is 0 Å². The van der Waals surface area contributed by atoms with Gasteiger partial charge in [0.1, 0.15) is 17.2 Å². The van der Waals surface area contributed by atoms with Crippen LogP contribution in [0.2, 0.25) is 5.02 Å². The summed E-state index contributed by atoms with van der Waals surface area (Å²) in [6, 6.07) is 14.8. The van der Waals surface area contributed by atoms with Crippen molar-refractivity contribution in [2.24, 2.45) is 0 Å². The second kappa shape index (κ2) is 6.73. The molecule has 3 nitrogen and oxygen atoms in total. The van der Waals surface area contributed by atoms with Crippen molar-refractivity contribution in [2.75, 3.05) is 5.32 Å². The highest BCUT2D eigenvalue weighted by Crippen LogP contribution is 2.31. The minimum atomic E-state index is -0.262. The van der Waals surface area contributed by atoms with Gasteiger partial charge >= 0.3 is 0 Å². The maximum absolute atomic E-state index is 6.36. The van der Waals surface area contributed by atoms with E-state index in [1.807, 2.05) is 19.1 Å². The molecule has 3 rings (SSSR count). The zero-order valence-corrected chi connectivity index (χ0v) is 14.4. The van der Waals surface area contributed by atoms with Crippen LogP contribution in [0, 0.1) is 0 Å². The number of halogens is 2. The average molecular weight is 346 g/mol. The van der Waals surface area contributed by atoms with Crippen molar-refractivity contribution in [1.29, 1.82) is 0 Å². The number of anilines is 1. The molecular weight excluding hydrogens is 329 g/mol. The predicted molar refractivity (Wildman–Crippen MR) is 97.3 cm³/mol. The summed E-state index contributed by atoms with van der Waals surface area (Å²) in [4.78, 5) is 8.38. The Morgan fingerprint density at radius 1 is 1.00 bits per heavy atom. The number of benzene rings is 2. The maximum Gasteiger partial charge on any atom is 0.149 e. The Morgan fingerprint density at radius 2 is 1.74 bits per heavy atom. The number of fused-ring (bicyclic) bond motifs is 1. The summed E-state index contributed by atoms with van der Waals surface area (Å²) in [5.41, 5.74) is 1.80. The van der Waals surface area contributed by atoms with Crippen molar-refractivity contribution in [3.05, 3.63) is 65.1 Å². The molecular formula is C18H17Cl2N3. The zero-order valence-electron chi connectivity index (χ0n) is 12.9. The first kappa shape index (κ1) is 16.0. The normalized spacial score (nSPS) is 13.7. The minimum Gasteiger partial charge on any atom is -0.362 e. The molecule has 5 heteroatoms. The number of nitrogens with one attached hydrogen (secondary N) is 1. The van der Waals surface area contributed by atoms with Crippen LogP contribution in [-0.4, -0.2) is 9.97 Å². The summed E-state index contributed by atoms with van der Waals surface area (Å²) in [6.45, 7) is 3.92. The number of aromatic nitrogens is 2. The molecule has 2 atom stereocenters. The van der Waals surface area contributed by atoms with E-state index in [0.717, 1.165) is 0 Å². The van der Waals surface area contributed by atoms with Gasteiger partial charge in [-0.25, -0.2) is 9.97 Å². The van der Waals surface area contributed by atoms with Crippen LogP contribution in [0.25, 0.3) is 10.8 Å². The summed E-state index contributed by atoms with van der Waals surface area (Å²) in [6.07, 6.45) is 1.48. The van der Waals surface area contributed by atoms with Crippen LogP contribution >= 0.6 is 23.2 Å². The Morgan fingerprint density at radius 3 is 2.48 bits per heavy atom. The van der Waals surface area contributed by atoms with Crippen molar-refractivity contribution in [1.82, 2.24) is 9.97 Å². The van der Waals surface area contributed by atoms with Gasteiger partial charge in [0, 0.05) is 0 Å². The van der Waals surface area contributed by atoms with Crippen molar-refractivity contribution >= 4 is 39.8 Å². The van der Waals surface area contributed by atoms with Gasteiger partial charge in [-0.05, 0) is 36.2 Å². The molecule has 3 aromatic rings. The van der Waals surface area contributed by atoms with Crippen LogP contribution in [0.4, 0.5) is 5.82 Å². The van der Waals surface area contributed by atoms with Gasteiger partial charge in [0.2, 0.25) is 0 Å². The predicted octanol–water partition coefficient (Wildman–Crippen LogP) is 5.76. The van der Waals surface area contributed by atoms with E-state index < -0.39 is 0 Å². The third-order valence-electron chi connectivity index (χ3n) is 3.82. The molecule has 0 amide bonds. The molecule has 0 saturated carbocycles. The lowest BCUT2D eigenvalue weighted by molar-refractivity contribution is 0.866. The Bertz CT molecular complexity index is 833. The molecule has 1 heterocycles. The van der Waals surface area contributed by atoms with Crippen LogP contribution in [0.3, 0.4) is 0 Å². The van der Waals surface area contributed by atoms with Crippen molar-refractivity contribution in [3.63, 3.8) is 0 Å². The largest absolute Gasteiger partial charge is 0.362 e. The van der Waals surface area contributed by atoms with Crippen LogP contribution in [0.5, 0.6) is 0 Å². The van der Waals surface area contributed by atoms with Gasteiger partial charge in [-0.2, -0.15) is 0 Å². The summed E-state index contributed by atoms with van der Waals surface area (Å²) < 4.78 is 0. The van der Waals surface area contributed by atoms with Crippen molar-refractivity contribution < 1.29 is 0 Å². The van der Waals surface area contributed by atoms with Gasteiger partial charge in [-0.15, -0.1) is 11.6 Å². The van der Waals surface area contributed by atoms with E-state index in [4.69, 9.17) is 23.2 Å². The number of hydrogen-bond acceptors (Lipinski definition) is 3. The van der Waals surface area contributed by atoms with Gasteiger partial charge < -0.3 is 5.32 Å². The minimum absolute atomic E-state index is 0.0606. The zero-order chi connectivity index (χ0) is 16.4. The van der Waals surface area contributed by atoms with Crippen LogP contribution < -0.4 is 5.32 Å². The lowest BCUT2D eigenvalue weighted by atomic mass is 10.0. The van der Waals surface area contributed by atoms with E-state index in [2.05, 4.69) is 52.5 Å². The highest BCUT2D eigenvalue weighted by molar-refractivity contribution is 6.34. The molecule has 0 saturated heterocycles. The van der Waals surface area contributed by atoms with E-state index in [0.29, 0.717) is 16.5 Å². The van der Waals surface area contributed by atoms with E-state index in [1.165, 1.54) is 22.7 Å². The first-order chi connectivity index (χ1) is 11.1. The highest BCUT2D eigenvalue weighted by Gasteiger charge is 2.15. The molecule has 0 fully saturated rings. The third kappa shape index (κ3) is 3.41. The van der Waals surface area contributed by atoms with Crippen molar-refractivity contribution in [2.45, 2.75) is 25.3 Å². The average Bonchev–Trinajstić information content (AvgIpc) is 2.56. The van der Waals surface area contributed by atoms with Gasteiger partial charge in [-0.3, -0.25) is 0 Å². The first-order valence-electron chi connectivity index (χ1n) is 7.46. The van der Waals surface area contributed by atoms with Crippen LogP contribution in [0.1, 0.15) is 36.5 Å². The van der Waals surface area contributed by atoms with E-state index in [1.54, 1.807) is 0 Å². The third-order valence-corrected chi connectivity index (χ3v) is 4.40. The fourth-order valence-electron chi connectivity index (χ4n) is 2.53. The summed E-state index contributed by atoms with van der Waals surface area (Å²) in [7, 11) is 0. The topological polar surface area (TPSA) is 37.8 Å². The molecule has 0 aliphatic carbocycles. The Kier molecular flexibility index (Phi) is 4.69. The maximum atomic E-state index is 6.36. The second-order valence-electron chi connectivity index (χ2n) is 5.51. The summed E-state index contributed by atoms with van der Waals surface area (Å²) in [5, 5.41) is 5.99. The van der Waals surface area contributed by atoms with Crippen molar-refractivity contribution in [3.8, 4) is 0 Å². The molecule has 2 unspecified atom stereocenters. The molecule has 0 radical (unpaired) electrons. The Balaban J connectivity index is 1.88. The highest BCUT2D eigenvalue weighted by atomic mass is 35.5. The molecule has 0 spiro atoms. The first-order valence-corrected chi connectivity index (χ1v) is 8.27. The number of alkyl halides is 1. The standard InChI is InChI=1S/C18H17Cl2N3/c1-11(19)17-16(20)18(22-10-21-17)23-12(2)14-8-7-13-5-3-4-6-15(13)9-14/h3-12H,1-2H3,(H,21,22,23). The van der Waals surface area contributed by atoms with Gasteiger partial charge in [-0.1, -0.05) is 48.0 Å². The molecule has 118 valence electrons. The van der Waals surface area contributed by atoms with Gasteiger partial charge in [0.25, 0.3) is 0 Å². The number of hydrogen-bond donors (Lipinski definition) is 1. The summed E-state index contributed by atoms with van der Waals surface area (Å²) in [5.74, 6) is 0.602. The van der Waals surface area contributed by atoms with Crippen LogP contribution in [-0.2, 0) is 0 Å². The SMILES string of the molecule is CC(Cl)c1ncnc(NC(C)c2ccc3ccccc3c2)c1Cl. The summed E-state index contributed by atoms with van der Waals surface area (Å²) >= 11 is 12.5. The molecule has 1 N–H and O–H groups in total. The Labute approximate surface area is 145 Å². The molecule has 0 bridgehead atoms. The lowest BCUT2D eigenvalue weighted by Gasteiger charge is -2.17. The lowest BCUT2D eigenvalue weighted by Crippen LogP contribution is -2.10. The molecule has 2 aromatic carbocycles. The fraction of sp³-hybridized carbons (Fsp3) is 0.222. The molecule has 0 aliphatic rings.